The van der Waals surface area contributed by atoms with Gasteiger partial charge < -0.3 is 10.1 Å². The number of amides is 1. The second-order valence-electron chi connectivity index (χ2n) is 6.77. The molecular weight excluding hydrogens is 438 g/mol. The molecule has 0 aliphatic rings. The number of benzene rings is 2. The van der Waals surface area contributed by atoms with Crippen molar-refractivity contribution < 1.29 is 19.1 Å². The first kappa shape index (κ1) is 22.7. The third-order valence-corrected chi connectivity index (χ3v) is 4.88. The maximum absolute atomic E-state index is 12.8. The predicted octanol–water partition coefficient (Wildman–Crippen LogP) is 1.76. The summed E-state index contributed by atoms with van der Waals surface area (Å²) in [5, 5.41) is 2.82. The minimum Gasteiger partial charge on any atom is -0.452 e. The number of anilines is 1. The summed E-state index contributed by atoms with van der Waals surface area (Å²) < 4.78 is 6.99. The molecule has 0 fully saturated rings. The van der Waals surface area contributed by atoms with Gasteiger partial charge in [-0.1, -0.05) is 29.8 Å². The highest BCUT2D eigenvalue weighted by Crippen LogP contribution is 2.18. The van der Waals surface area contributed by atoms with Crippen LogP contribution in [0.2, 0.25) is 5.02 Å². The number of nitrogens with zero attached hydrogens (tertiary/aromatic N) is 2. The Morgan fingerprint density at radius 1 is 0.938 bits per heavy atom. The summed E-state index contributed by atoms with van der Waals surface area (Å²) in [6.07, 6.45) is 0. The van der Waals surface area contributed by atoms with Crippen molar-refractivity contribution >= 4 is 35.1 Å². The van der Waals surface area contributed by atoms with E-state index in [1.54, 1.807) is 24.3 Å². The number of nitrogens with one attached hydrogen (secondary N) is 1. The molecule has 3 aromatic rings. The largest absolute Gasteiger partial charge is 0.452 e. The average Bonchev–Trinajstić information content (AvgIpc) is 2.79. The fourth-order valence-electron chi connectivity index (χ4n) is 2.86. The highest BCUT2D eigenvalue weighted by molar-refractivity contribution is 6.30. The molecule has 1 N–H and O–H groups in total. The van der Waals surface area contributed by atoms with Crippen molar-refractivity contribution in [2.75, 3.05) is 11.9 Å². The zero-order valence-corrected chi connectivity index (χ0v) is 17.9. The molecule has 1 heterocycles. The second-order valence-corrected chi connectivity index (χ2v) is 7.21. The quantitative estimate of drug-likeness (QED) is 0.447. The molecule has 9 nitrogen and oxygen atoms in total. The normalized spacial score (nSPS) is 10.5. The van der Waals surface area contributed by atoms with Crippen molar-refractivity contribution in [3.8, 4) is 0 Å². The predicted molar refractivity (Wildman–Crippen MR) is 117 cm³/mol. The smallest absolute Gasteiger partial charge is 0.339 e. The van der Waals surface area contributed by atoms with E-state index in [0.717, 1.165) is 15.2 Å². The van der Waals surface area contributed by atoms with Crippen molar-refractivity contribution in [1.29, 1.82) is 0 Å². The standard InChI is InChI=1S/C22H18ClN3O6/c1-25-17(11-19(28)26(2)22(25)31)24-18(27)12-32-21(30)16-6-4-3-5-15(16)20(29)13-7-9-14(23)10-8-13/h3-11H,12H2,1-2H3,(H,24,27). The van der Waals surface area contributed by atoms with Gasteiger partial charge in [-0.3, -0.25) is 23.5 Å². The minimum absolute atomic E-state index is 0.0127. The number of carbonyl (C=O) groups is 3. The number of carbonyl (C=O) groups excluding carboxylic acids is 3. The van der Waals surface area contributed by atoms with Crippen LogP contribution in [0.4, 0.5) is 5.82 Å². The molecule has 3 rings (SSSR count). The van der Waals surface area contributed by atoms with Crippen molar-refractivity contribution in [1.82, 2.24) is 9.13 Å². The van der Waals surface area contributed by atoms with E-state index in [9.17, 15) is 24.0 Å². The van der Waals surface area contributed by atoms with Crippen molar-refractivity contribution in [3.63, 3.8) is 0 Å². The molecule has 10 heteroatoms. The van der Waals surface area contributed by atoms with Gasteiger partial charge >= 0.3 is 11.7 Å². The number of rotatable bonds is 6. The maximum atomic E-state index is 12.8. The summed E-state index contributed by atoms with van der Waals surface area (Å²) in [4.78, 5) is 61.2. The van der Waals surface area contributed by atoms with Gasteiger partial charge in [0, 0.05) is 36.3 Å². The fourth-order valence-corrected chi connectivity index (χ4v) is 2.98. The molecule has 164 valence electrons. The second kappa shape index (κ2) is 9.44. The molecule has 0 aliphatic heterocycles. The zero-order valence-electron chi connectivity index (χ0n) is 17.1. The average molecular weight is 456 g/mol. The van der Waals surface area contributed by atoms with E-state index >= 15 is 0 Å². The van der Waals surface area contributed by atoms with Crippen molar-refractivity contribution in [2.24, 2.45) is 14.1 Å². The van der Waals surface area contributed by atoms with Gasteiger partial charge in [0.2, 0.25) is 0 Å². The van der Waals surface area contributed by atoms with E-state index < -0.39 is 35.5 Å². The van der Waals surface area contributed by atoms with Crippen LogP contribution in [0.15, 0.2) is 64.2 Å². The number of hydrogen-bond acceptors (Lipinski definition) is 6. The van der Waals surface area contributed by atoms with E-state index in [1.165, 1.54) is 38.4 Å². The van der Waals surface area contributed by atoms with Crippen LogP contribution in [0.1, 0.15) is 26.3 Å². The number of halogens is 1. The lowest BCUT2D eigenvalue weighted by Gasteiger charge is -2.12. The summed E-state index contributed by atoms with van der Waals surface area (Å²) in [7, 11) is 2.68. The van der Waals surface area contributed by atoms with Gasteiger partial charge in [0.05, 0.1) is 5.56 Å². The monoisotopic (exact) mass is 455 g/mol. The minimum atomic E-state index is -0.879. The molecule has 1 amide bonds. The van der Waals surface area contributed by atoms with Gasteiger partial charge in [-0.25, -0.2) is 9.59 Å². The molecule has 2 aromatic carbocycles. The van der Waals surface area contributed by atoms with Crippen LogP contribution >= 0.6 is 11.6 Å². The van der Waals surface area contributed by atoms with Crippen LogP contribution in [0.25, 0.3) is 0 Å². The Labute approximate surface area is 186 Å². The molecule has 0 radical (unpaired) electrons. The topological polar surface area (TPSA) is 116 Å². The summed E-state index contributed by atoms with van der Waals surface area (Å²) in [6.45, 7) is -0.689. The lowest BCUT2D eigenvalue weighted by Crippen LogP contribution is -2.38. The van der Waals surface area contributed by atoms with Crippen LogP contribution in [0, 0.1) is 0 Å². The van der Waals surface area contributed by atoms with Gasteiger partial charge in [0.1, 0.15) is 5.82 Å². The summed E-state index contributed by atoms with van der Waals surface area (Å²) in [5.41, 5.74) is -0.802. The van der Waals surface area contributed by atoms with Gasteiger partial charge in [0.15, 0.2) is 12.4 Å². The number of hydrogen-bond donors (Lipinski definition) is 1. The fraction of sp³-hybridized carbons (Fsp3) is 0.136. The molecule has 0 bridgehead atoms. The van der Waals surface area contributed by atoms with E-state index in [4.69, 9.17) is 16.3 Å². The molecule has 0 saturated heterocycles. The Kier molecular flexibility index (Phi) is 6.70. The Bertz CT molecular complexity index is 1320. The third-order valence-electron chi connectivity index (χ3n) is 4.63. The van der Waals surface area contributed by atoms with Crippen LogP contribution in [-0.4, -0.2) is 33.4 Å². The highest BCUT2D eigenvalue weighted by atomic mass is 35.5. The van der Waals surface area contributed by atoms with Gasteiger partial charge in [-0.15, -0.1) is 0 Å². The maximum Gasteiger partial charge on any atom is 0.339 e. The SMILES string of the molecule is Cn1c(NC(=O)COC(=O)c2ccccc2C(=O)c2ccc(Cl)cc2)cc(=O)n(C)c1=O. The van der Waals surface area contributed by atoms with Gasteiger partial charge in [-0.2, -0.15) is 0 Å². The first-order valence-corrected chi connectivity index (χ1v) is 9.70. The first-order chi connectivity index (χ1) is 15.2. The molecule has 0 aliphatic carbocycles. The molecule has 1 aromatic heterocycles. The van der Waals surface area contributed by atoms with Crippen LogP contribution in [0.5, 0.6) is 0 Å². The summed E-state index contributed by atoms with van der Waals surface area (Å²) in [5.74, 6) is -2.09. The Balaban J connectivity index is 1.73. The summed E-state index contributed by atoms with van der Waals surface area (Å²) in [6, 6.07) is 13.3. The van der Waals surface area contributed by atoms with E-state index in [1.807, 2.05) is 0 Å². The molecule has 0 unspecified atom stereocenters. The van der Waals surface area contributed by atoms with Crippen molar-refractivity contribution in [2.45, 2.75) is 0 Å². The van der Waals surface area contributed by atoms with Crippen LogP contribution < -0.4 is 16.6 Å². The first-order valence-electron chi connectivity index (χ1n) is 9.32. The molecule has 32 heavy (non-hydrogen) atoms. The number of esters is 1. The van der Waals surface area contributed by atoms with Crippen molar-refractivity contribution in [3.05, 3.63) is 97.1 Å². The van der Waals surface area contributed by atoms with E-state index in [0.29, 0.717) is 10.6 Å². The lowest BCUT2D eigenvalue weighted by atomic mass is 9.98. The van der Waals surface area contributed by atoms with Crippen LogP contribution in [0.3, 0.4) is 0 Å². The Hall–Kier alpha value is -3.98. The third kappa shape index (κ3) is 4.84. The summed E-state index contributed by atoms with van der Waals surface area (Å²) >= 11 is 5.85. The highest BCUT2D eigenvalue weighted by Gasteiger charge is 2.20. The van der Waals surface area contributed by atoms with E-state index in [-0.39, 0.29) is 16.9 Å². The van der Waals surface area contributed by atoms with Crippen LogP contribution in [-0.2, 0) is 23.6 Å². The zero-order chi connectivity index (χ0) is 23.4. The Morgan fingerprint density at radius 2 is 1.56 bits per heavy atom. The van der Waals surface area contributed by atoms with Gasteiger partial charge in [0.25, 0.3) is 11.5 Å². The molecular formula is C22H18ClN3O6. The molecule has 0 atom stereocenters. The lowest BCUT2D eigenvalue weighted by molar-refractivity contribution is -0.119. The number of aromatic nitrogens is 2. The Morgan fingerprint density at radius 3 is 2.22 bits per heavy atom. The molecule has 0 saturated carbocycles. The van der Waals surface area contributed by atoms with Gasteiger partial charge in [-0.05, 0) is 30.3 Å². The molecule has 0 spiro atoms. The van der Waals surface area contributed by atoms with E-state index in [2.05, 4.69) is 5.32 Å². The number of ketones is 1. The number of ether oxygens (including phenoxy) is 1.